The SMILES string of the molecule is O=C(c1ccccc1)c1ccc(N(c2ccccc2)c2ccc3ccccc3c2)s1. The first kappa shape index (κ1) is 18.3. The maximum atomic E-state index is 12.9. The lowest BCUT2D eigenvalue weighted by atomic mass is 10.1. The van der Waals surface area contributed by atoms with E-state index in [9.17, 15) is 4.79 Å². The van der Waals surface area contributed by atoms with Gasteiger partial charge in [-0.25, -0.2) is 0 Å². The molecule has 0 saturated carbocycles. The van der Waals surface area contributed by atoms with E-state index >= 15 is 0 Å². The Hall–Kier alpha value is -3.69. The van der Waals surface area contributed by atoms with Crippen LogP contribution < -0.4 is 4.90 Å². The summed E-state index contributed by atoms with van der Waals surface area (Å²) in [7, 11) is 0. The second-order valence-electron chi connectivity index (χ2n) is 7.04. The molecule has 1 aromatic heterocycles. The highest BCUT2D eigenvalue weighted by molar-refractivity contribution is 7.18. The summed E-state index contributed by atoms with van der Waals surface area (Å²) in [4.78, 5) is 15.9. The normalized spacial score (nSPS) is 10.8. The summed E-state index contributed by atoms with van der Waals surface area (Å²) in [5.41, 5.74) is 2.84. The first-order valence-corrected chi connectivity index (χ1v) is 10.6. The van der Waals surface area contributed by atoms with Gasteiger partial charge in [0.05, 0.1) is 4.88 Å². The van der Waals surface area contributed by atoms with Crippen molar-refractivity contribution in [2.45, 2.75) is 0 Å². The van der Waals surface area contributed by atoms with Gasteiger partial charge in [-0.1, -0.05) is 78.9 Å². The van der Waals surface area contributed by atoms with Crippen LogP contribution in [0.5, 0.6) is 0 Å². The number of ketones is 1. The first-order chi connectivity index (χ1) is 14.8. The minimum Gasteiger partial charge on any atom is -0.302 e. The maximum absolute atomic E-state index is 12.9. The van der Waals surface area contributed by atoms with Crippen molar-refractivity contribution in [3.63, 3.8) is 0 Å². The minimum absolute atomic E-state index is 0.0540. The summed E-state index contributed by atoms with van der Waals surface area (Å²) in [5, 5.41) is 3.41. The second kappa shape index (κ2) is 7.97. The molecule has 4 aromatic carbocycles. The predicted octanol–water partition coefficient (Wildman–Crippen LogP) is 7.60. The predicted molar refractivity (Wildman–Crippen MR) is 126 cm³/mol. The van der Waals surface area contributed by atoms with E-state index in [2.05, 4.69) is 59.5 Å². The molecule has 0 aliphatic carbocycles. The number of benzene rings is 4. The summed E-state index contributed by atoms with van der Waals surface area (Å²) in [6.45, 7) is 0. The Bertz CT molecular complexity index is 1310. The lowest BCUT2D eigenvalue weighted by molar-refractivity contribution is 0.104. The second-order valence-corrected chi connectivity index (χ2v) is 8.10. The Morgan fingerprint density at radius 2 is 1.27 bits per heavy atom. The molecule has 0 atom stereocenters. The van der Waals surface area contributed by atoms with Crippen molar-refractivity contribution in [1.29, 1.82) is 0 Å². The number of thiophene rings is 1. The lowest BCUT2D eigenvalue weighted by Gasteiger charge is -2.24. The monoisotopic (exact) mass is 405 g/mol. The van der Waals surface area contributed by atoms with Crippen molar-refractivity contribution in [1.82, 2.24) is 0 Å². The van der Waals surface area contributed by atoms with Gasteiger partial charge in [0.15, 0.2) is 0 Å². The number of anilines is 3. The molecular formula is C27H19NOS. The lowest BCUT2D eigenvalue weighted by Crippen LogP contribution is -2.08. The van der Waals surface area contributed by atoms with Crippen molar-refractivity contribution < 1.29 is 4.79 Å². The fourth-order valence-corrected chi connectivity index (χ4v) is 4.61. The van der Waals surface area contributed by atoms with Gasteiger partial charge in [-0.3, -0.25) is 4.79 Å². The molecule has 0 radical (unpaired) electrons. The Kier molecular flexibility index (Phi) is 4.88. The fraction of sp³-hybridized carbons (Fsp3) is 0. The van der Waals surface area contributed by atoms with Gasteiger partial charge in [0.25, 0.3) is 0 Å². The van der Waals surface area contributed by atoms with Gasteiger partial charge < -0.3 is 4.90 Å². The molecule has 144 valence electrons. The number of para-hydroxylation sites is 1. The van der Waals surface area contributed by atoms with Crippen LogP contribution in [0.2, 0.25) is 0 Å². The van der Waals surface area contributed by atoms with Gasteiger partial charge in [-0.15, -0.1) is 11.3 Å². The van der Waals surface area contributed by atoms with Gasteiger partial charge in [0.2, 0.25) is 5.78 Å². The molecule has 0 unspecified atom stereocenters. The number of hydrogen-bond donors (Lipinski definition) is 0. The van der Waals surface area contributed by atoms with Crippen LogP contribution in [0.15, 0.2) is 115 Å². The third-order valence-electron chi connectivity index (χ3n) is 5.08. The summed E-state index contributed by atoms with van der Waals surface area (Å²) >= 11 is 1.52. The smallest absolute Gasteiger partial charge is 0.203 e. The molecule has 3 heteroatoms. The minimum atomic E-state index is 0.0540. The van der Waals surface area contributed by atoms with E-state index in [0.717, 1.165) is 21.3 Å². The van der Waals surface area contributed by atoms with Gasteiger partial charge in [0.1, 0.15) is 5.00 Å². The highest BCUT2D eigenvalue weighted by Crippen LogP contribution is 2.40. The van der Waals surface area contributed by atoms with Gasteiger partial charge in [0, 0.05) is 16.9 Å². The van der Waals surface area contributed by atoms with E-state index in [1.165, 1.54) is 22.1 Å². The molecule has 5 aromatic rings. The number of nitrogens with zero attached hydrogens (tertiary/aromatic N) is 1. The standard InChI is InChI=1S/C27H19NOS/c29-27(21-10-3-1-4-11-21)25-17-18-26(30-25)28(23-13-5-2-6-14-23)24-16-15-20-9-7-8-12-22(20)19-24/h1-19H. The Labute approximate surface area is 179 Å². The van der Waals surface area contributed by atoms with Crippen LogP contribution >= 0.6 is 11.3 Å². The molecular weight excluding hydrogens is 386 g/mol. The van der Waals surface area contributed by atoms with Gasteiger partial charge >= 0.3 is 0 Å². The van der Waals surface area contributed by atoms with Crippen LogP contribution in [0.25, 0.3) is 10.8 Å². The van der Waals surface area contributed by atoms with Gasteiger partial charge in [-0.05, 0) is 47.2 Å². The zero-order valence-electron chi connectivity index (χ0n) is 16.2. The first-order valence-electron chi connectivity index (χ1n) is 9.83. The summed E-state index contributed by atoms with van der Waals surface area (Å²) in [6, 6.07) is 38.5. The Morgan fingerprint density at radius 3 is 2.03 bits per heavy atom. The number of hydrogen-bond acceptors (Lipinski definition) is 3. The van der Waals surface area contributed by atoms with Crippen molar-refractivity contribution in [2.24, 2.45) is 0 Å². The Balaban J connectivity index is 1.59. The van der Waals surface area contributed by atoms with Crippen molar-refractivity contribution >= 4 is 44.3 Å². The maximum Gasteiger partial charge on any atom is 0.203 e. The highest BCUT2D eigenvalue weighted by atomic mass is 32.1. The molecule has 0 aliphatic rings. The summed E-state index contributed by atoms with van der Waals surface area (Å²) in [5.74, 6) is 0.0540. The number of carbonyl (C=O) groups excluding carboxylic acids is 1. The average molecular weight is 406 g/mol. The van der Waals surface area contributed by atoms with Crippen LogP contribution in [0.4, 0.5) is 16.4 Å². The molecule has 0 N–H and O–H groups in total. The van der Waals surface area contributed by atoms with Crippen LogP contribution in [-0.2, 0) is 0 Å². The van der Waals surface area contributed by atoms with E-state index in [1.807, 2.05) is 60.7 Å². The molecule has 0 amide bonds. The van der Waals surface area contributed by atoms with E-state index < -0.39 is 0 Å². The quantitative estimate of drug-likeness (QED) is 0.281. The largest absolute Gasteiger partial charge is 0.302 e. The van der Waals surface area contributed by atoms with Crippen LogP contribution in [0.3, 0.4) is 0 Å². The molecule has 0 aliphatic heterocycles. The molecule has 0 saturated heterocycles. The third kappa shape index (κ3) is 3.51. The van der Waals surface area contributed by atoms with E-state index in [0.29, 0.717) is 5.56 Å². The number of fused-ring (bicyclic) bond motifs is 1. The van der Waals surface area contributed by atoms with Crippen LogP contribution in [0.1, 0.15) is 15.2 Å². The zero-order valence-corrected chi connectivity index (χ0v) is 17.0. The van der Waals surface area contributed by atoms with Crippen LogP contribution in [0, 0.1) is 0 Å². The zero-order chi connectivity index (χ0) is 20.3. The average Bonchev–Trinajstić information content (AvgIpc) is 3.29. The van der Waals surface area contributed by atoms with E-state index in [4.69, 9.17) is 0 Å². The molecule has 2 nitrogen and oxygen atoms in total. The van der Waals surface area contributed by atoms with Crippen molar-refractivity contribution in [3.05, 3.63) is 126 Å². The van der Waals surface area contributed by atoms with E-state index in [-0.39, 0.29) is 5.78 Å². The summed E-state index contributed by atoms with van der Waals surface area (Å²) < 4.78 is 0. The van der Waals surface area contributed by atoms with Gasteiger partial charge in [-0.2, -0.15) is 0 Å². The highest BCUT2D eigenvalue weighted by Gasteiger charge is 2.18. The van der Waals surface area contributed by atoms with E-state index in [1.54, 1.807) is 0 Å². The summed E-state index contributed by atoms with van der Waals surface area (Å²) in [6.07, 6.45) is 0. The van der Waals surface area contributed by atoms with Crippen molar-refractivity contribution in [2.75, 3.05) is 4.90 Å². The fourth-order valence-electron chi connectivity index (χ4n) is 3.60. The number of rotatable bonds is 5. The molecule has 5 rings (SSSR count). The topological polar surface area (TPSA) is 20.3 Å². The molecule has 30 heavy (non-hydrogen) atoms. The molecule has 1 heterocycles. The molecule has 0 fully saturated rings. The van der Waals surface area contributed by atoms with Crippen molar-refractivity contribution in [3.8, 4) is 0 Å². The third-order valence-corrected chi connectivity index (χ3v) is 6.15. The number of carbonyl (C=O) groups is 1. The Morgan fingerprint density at radius 1 is 0.600 bits per heavy atom. The molecule has 0 bridgehead atoms. The van der Waals surface area contributed by atoms with Crippen LogP contribution in [-0.4, -0.2) is 5.78 Å². The molecule has 0 spiro atoms.